The topological polar surface area (TPSA) is 74.0 Å². The number of amides is 2. The van der Waals surface area contributed by atoms with E-state index in [1.807, 2.05) is 17.5 Å². The Balaban J connectivity index is 1.99. The van der Waals surface area contributed by atoms with E-state index < -0.39 is 0 Å². The van der Waals surface area contributed by atoms with E-state index in [4.69, 9.17) is 9.52 Å². The summed E-state index contributed by atoms with van der Waals surface area (Å²) in [6, 6.07) is 7.09. The van der Waals surface area contributed by atoms with Crippen LogP contribution in [-0.4, -0.2) is 46.9 Å². The number of carbonyl (C=O) groups is 2. The van der Waals surface area contributed by atoms with Gasteiger partial charge in [0.15, 0.2) is 0 Å². The largest absolute Gasteiger partial charge is 0.467 e. The Morgan fingerprint density at radius 1 is 1.26 bits per heavy atom. The first-order chi connectivity index (χ1) is 11.1. The molecule has 1 aliphatic rings. The lowest BCUT2D eigenvalue weighted by Gasteiger charge is -2.19. The van der Waals surface area contributed by atoms with E-state index in [2.05, 4.69) is 0 Å². The van der Waals surface area contributed by atoms with Crippen molar-refractivity contribution in [3.8, 4) is 0 Å². The van der Waals surface area contributed by atoms with Gasteiger partial charge in [-0.3, -0.25) is 14.5 Å². The summed E-state index contributed by atoms with van der Waals surface area (Å²) in [7, 11) is 1.70. The molecular formula is C16H16N2O4S. The van der Waals surface area contributed by atoms with E-state index in [0.29, 0.717) is 17.0 Å². The van der Waals surface area contributed by atoms with Crippen molar-refractivity contribution < 1.29 is 19.1 Å². The first-order valence-corrected chi connectivity index (χ1v) is 8.00. The number of likely N-dealkylation sites (N-methyl/N-ethyl adjacent to an activating group) is 1. The normalized spacial score (nSPS) is 15.0. The monoisotopic (exact) mass is 332 g/mol. The molecule has 0 aliphatic carbocycles. The molecule has 23 heavy (non-hydrogen) atoms. The third-order valence-electron chi connectivity index (χ3n) is 3.62. The maximum absolute atomic E-state index is 12.8. The van der Waals surface area contributed by atoms with Gasteiger partial charge in [0.25, 0.3) is 11.8 Å². The Bertz CT molecular complexity index is 734. The van der Waals surface area contributed by atoms with Crippen LogP contribution in [0.1, 0.15) is 10.6 Å². The van der Waals surface area contributed by atoms with Crippen LogP contribution in [-0.2, 0) is 16.1 Å². The van der Waals surface area contributed by atoms with E-state index in [1.165, 1.54) is 22.5 Å². The lowest BCUT2D eigenvalue weighted by atomic mass is 10.2. The molecule has 0 saturated carbocycles. The molecule has 2 aromatic rings. The zero-order valence-electron chi connectivity index (χ0n) is 12.6. The highest BCUT2D eigenvalue weighted by molar-refractivity contribution is 7.11. The zero-order valence-corrected chi connectivity index (χ0v) is 13.4. The minimum atomic E-state index is -0.370. The summed E-state index contributed by atoms with van der Waals surface area (Å²) >= 11 is 1.41. The van der Waals surface area contributed by atoms with Crippen LogP contribution >= 0.6 is 11.3 Å². The molecule has 120 valence electrons. The number of imide groups is 1. The minimum Gasteiger partial charge on any atom is -0.467 e. The third kappa shape index (κ3) is 2.80. The molecule has 0 bridgehead atoms. The maximum atomic E-state index is 12.8. The number of thiophene rings is 1. The summed E-state index contributed by atoms with van der Waals surface area (Å²) in [6.07, 6.45) is 1.51. The van der Waals surface area contributed by atoms with Crippen molar-refractivity contribution in [3.05, 3.63) is 52.2 Å². The number of nitrogens with zero attached hydrogens (tertiary/aromatic N) is 2. The molecule has 2 amide bonds. The molecule has 0 fully saturated rings. The second-order valence-corrected chi connectivity index (χ2v) is 6.07. The van der Waals surface area contributed by atoms with E-state index in [0.717, 1.165) is 4.88 Å². The molecule has 0 atom stereocenters. The molecule has 0 radical (unpaired) electrons. The van der Waals surface area contributed by atoms with E-state index in [-0.39, 0.29) is 31.5 Å². The number of carbonyl (C=O) groups excluding carboxylic acids is 2. The predicted octanol–water partition coefficient (Wildman–Crippen LogP) is 1.55. The minimum absolute atomic E-state index is 0.0933. The Hall–Kier alpha value is -2.38. The van der Waals surface area contributed by atoms with Gasteiger partial charge >= 0.3 is 0 Å². The number of furan rings is 1. The van der Waals surface area contributed by atoms with Gasteiger partial charge in [0.05, 0.1) is 25.0 Å². The lowest BCUT2D eigenvalue weighted by molar-refractivity contribution is -0.138. The van der Waals surface area contributed by atoms with Crippen molar-refractivity contribution in [1.82, 2.24) is 9.80 Å². The fourth-order valence-corrected chi connectivity index (χ4v) is 3.29. The number of hydrogen-bond acceptors (Lipinski definition) is 6. The molecule has 2 aromatic heterocycles. The van der Waals surface area contributed by atoms with Crippen LogP contribution in [0.3, 0.4) is 0 Å². The van der Waals surface area contributed by atoms with Gasteiger partial charge < -0.3 is 14.4 Å². The Labute approximate surface area is 137 Å². The second-order valence-electron chi connectivity index (χ2n) is 5.12. The predicted molar refractivity (Wildman–Crippen MR) is 85.2 cm³/mol. The second kappa shape index (κ2) is 6.39. The Morgan fingerprint density at radius 2 is 2.09 bits per heavy atom. The summed E-state index contributed by atoms with van der Waals surface area (Å²) < 4.78 is 5.25. The molecule has 0 saturated heterocycles. The molecule has 0 unspecified atom stereocenters. The van der Waals surface area contributed by atoms with Crippen LogP contribution in [0.15, 0.2) is 46.0 Å². The van der Waals surface area contributed by atoms with Gasteiger partial charge in [-0.25, -0.2) is 0 Å². The van der Waals surface area contributed by atoms with Gasteiger partial charge in [0.1, 0.15) is 11.5 Å². The Morgan fingerprint density at radius 3 is 2.70 bits per heavy atom. The van der Waals surface area contributed by atoms with Gasteiger partial charge in [0.2, 0.25) is 0 Å². The van der Waals surface area contributed by atoms with Crippen LogP contribution in [0.25, 0.3) is 5.57 Å². The zero-order chi connectivity index (χ0) is 16.4. The maximum Gasteiger partial charge on any atom is 0.278 e. The van der Waals surface area contributed by atoms with Crippen molar-refractivity contribution in [2.75, 3.05) is 20.2 Å². The average molecular weight is 332 g/mol. The van der Waals surface area contributed by atoms with Crippen molar-refractivity contribution in [1.29, 1.82) is 0 Å². The quantitative estimate of drug-likeness (QED) is 0.813. The van der Waals surface area contributed by atoms with E-state index in [1.54, 1.807) is 24.1 Å². The van der Waals surface area contributed by atoms with Crippen LogP contribution in [0.5, 0.6) is 0 Å². The number of hydrogen-bond donors (Lipinski definition) is 1. The Kier molecular flexibility index (Phi) is 4.31. The summed E-state index contributed by atoms with van der Waals surface area (Å²) in [5.74, 6) is -0.164. The highest BCUT2D eigenvalue weighted by Gasteiger charge is 2.41. The van der Waals surface area contributed by atoms with E-state index in [9.17, 15) is 9.59 Å². The molecule has 1 aliphatic heterocycles. The van der Waals surface area contributed by atoms with Crippen molar-refractivity contribution in [2.24, 2.45) is 0 Å². The van der Waals surface area contributed by atoms with Gasteiger partial charge in [0, 0.05) is 18.5 Å². The van der Waals surface area contributed by atoms with Gasteiger partial charge in [-0.15, -0.1) is 11.3 Å². The summed E-state index contributed by atoms with van der Waals surface area (Å²) in [6.45, 7) is 0.269. The SMILES string of the molecule is CN(CCO)C1=C(c2cccs2)C(=O)N(Cc2ccco2)C1=O. The molecular weight excluding hydrogens is 316 g/mol. The fourth-order valence-electron chi connectivity index (χ4n) is 2.52. The van der Waals surface area contributed by atoms with Crippen LogP contribution in [0.2, 0.25) is 0 Å². The highest BCUT2D eigenvalue weighted by Crippen LogP contribution is 2.34. The van der Waals surface area contributed by atoms with Crippen LogP contribution in [0, 0.1) is 0 Å². The standard InChI is InChI=1S/C16H16N2O4S/c1-17(6-7-19)14-13(12-5-3-9-23-12)15(20)18(16(14)21)10-11-4-2-8-22-11/h2-5,8-9,19H,6-7,10H2,1H3. The first kappa shape index (κ1) is 15.5. The van der Waals surface area contributed by atoms with Crippen LogP contribution < -0.4 is 0 Å². The number of aliphatic hydroxyl groups excluding tert-OH is 1. The van der Waals surface area contributed by atoms with Crippen LogP contribution in [0.4, 0.5) is 0 Å². The van der Waals surface area contributed by atoms with Crippen molar-refractivity contribution in [2.45, 2.75) is 6.54 Å². The molecule has 7 heteroatoms. The number of aliphatic hydroxyl groups is 1. The van der Waals surface area contributed by atoms with Gasteiger partial charge in [-0.05, 0) is 23.6 Å². The summed E-state index contributed by atoms with van der Waals surface area (Å²) in [5, 5.41) is 11.0. The summed E-state index contributed by atoms with van der Waals surface area (Å²) in [5.41, 5.74) is 0.700. The first-order valence-electron chi connectivity index (χ1n) is 7.12. The van der Waals surface area contributed by atoms with Crippen molar-refractivity contribution in [3.63, 3.8) is 0 Å². The van der Waals surface area contributed by atoms with E-state index >= 15 is 0 Å². The molecule has 1 N–H and O–H groups in total. The molecule has 0 aromatic carbocycles. The molecule has 3 rings (SSSR count). The van der Waals surface area contributed by atoms with Gasteiger partial charge in [-0.1, -0.05) is 6.07 Å². The molecule has 3 heterocycles. The smallest absolute Gasteiger partial charge is 0.278 e. The molecule has 0 spiro atoms. The highest BCUT2D eigenvalue weighted by atomic mass is 32.1. The summed E-state index contributed by atoms with van der Waals surface area (Å²) in [4.78, 5) is 29.1. The molecule has 6 nitrogen and oxygen atoms in total. The van der Waals surface area contributed by atoms with Gasteiger partial charge in [-0.2, -0.15) is 0 Å². The number of rotatable bonds is 6. The lowest BCUT2D eigenvalue weighted by Crippen LogP contribution is -2.34. The average Bonchev–Trinajstić information content (AvgIpc) is 3.25. The fraction of sp³-hybridized carbons (Fsp3) is 0.250. The van der Waals surface area contributed by atoms with Crippen molar-refractivity contribution >= 4 is 28.7 Å². The third-order valence-corrected chi connectivity index (χ3v) is 4.51.